The van der Waals surface area contributed by atoms with Gasteiger partial charge in [0.1, 0.15) is 17.7 Å². The number of hydrogen-bond donors (Lipinski definition) is 1. The zero-order valence-electron chi connectivity index (χ0n) is 13.0. The third-order valence-electron chi connectivity index (χ3n) is 4.45. The van der Waals surface area contributed by atoms with E-state index in [9.17, 15) is 9.50 Å². The van der Waals surface area contributed by atoms with Gasteiger partial charge in [-0.15, -0.1) is 0 Å². The van der Waals surface area contributed by atoms with E-state index in [-0.39, 0.29) is 52.7 Å². The molecule has 4 nitrogen and oxygen atoms in total. The van der Waals surface area contributed by atoms with Gasteiger partial charge < -0.3 is 17.7 Å². The van der Waals surface area contributed by atoms with Crippen LogP contribution < -0.4 is 29.6 Å². The first-order valence-corrected chi connectivity index (χ1v) is 7.93. The number of halogens is 2. The SMILES string of the molecule is CC(C1CC1)C(O)(Cn1ncnc1[S-])c1ccc(Cl)cc1F.[Na+]. The Kier molecular flexibility index (Phi) is 6.09. The van der Waals surface area contributed by atoms with Crippen LogP contribution in [0.2, 0.25) is 5.02 Å². The van der Waals surface area contributed by atoms with Crippen LogP contribution >= 0.6 is 11.6 Å². The molecule has 1 aliphatic rings. The zero-order valence-corrected chi connectivity index (χ0v) is 16.6. The third-order valence-corrected chi connectivity index (χ3v) is 5.00. The van der Waals surface area contributed by atoms with Crippen molar-refractivity contribution >= 4 is 24.2 Å². The largest absolute Gasteiger partial charge is 1.00 e. The Hall–Kier alpha value is -0.240. The van der Waals surface area contributed by atoms with Gasteiger partial charge in [-0.2, -0.15) is 5.10 Å². The molecule has 0 amide bonds. The van der Waals surface area contributed by atoms with E-state index in [0.717, 1.165) is 12.8 Å². The first-order valence-electron chi connectivity index (χ1n) is 7.14. The van der Waals surface area contributed by atoms with Crippen LogP contribution in [0.1, 0.15) is 25.3 Å². The van der Waals surface area contributed by atoms with E-state index in [2.05, 4.69) is 10.1 Å². The number of benzene rings is 1. The number of rotatable bonds is 5. The summed E-state index contributed by atoms with van der Waals surface area (Å²) < 4.78 is 15.8. The first kappa shape index (κ1) is 19.1. The molecule has 1 saturated carbocycles. The molecule has 1 fully saturated rings. The molecule has 1 aliphatic carbocycles. The van der Waals surface area contributed by atoms with Gasteiger partial charge in [0.25, 0.3) is 0 Å². The van der Waals surface area contributed by atoms with Crippen molar-refractivity contribution < 1.29 is 39.1 Å². The van der Waals surface area contributed by atoms with Crippen LogP contribution in [0.15, 0.2) is 29.7 Å². The second kappa shape index (κ2) is 7.33. The molecule has 2 aromatic rings. The van der Waals surface area contributed by atoms with E-state index in [4.69, 9.17) is 24.2 Å². The summed E-state index contributed by atoms with van der Waals surface area (Å²) in [5.41, 5.74) is -1.18. The maximum Gasteiger partial charge on any atom is 1.00 e. The van der Waals surface area contributed by atoms with Crippen LogP contribution in [-0.4, -0.2) is 19.9 Å². The fourth-order valence-electron chi connectivity index (χ4n) is 2.89. The molecule has 8 heteroatoms. The first-order chi connectivity index (χ1) is 10.4. The van der Waals surface area contributed by atoms with Crippen molar-refractivity contribution in [1.82, 2.24) is 14.8 Å². The Morgan fingerprint density at radius 3 is 2.74 bits per heavy atom. The molecule has 0 aliphatic heterocycles. The zero-order chi connectivity index (χ0) is 15.9. The second-order valence-electron chi connectivity index (χ2n) is 5.87. The summed E-state index contributed by atoms with van der Waals surface area (Å²) in [5.74, 6) is -0.271. The smallest absolute Gasteiger partial charge is 0.740 e. The average Bonchev–Trinajstić information content (AvgIpc) is 3.23. The van der Waals surface area contributed by atoms with Crippen molar-refractivity contribution in [3.8, 4) is 0 Å². The van der Waals surface area contributed by atoms with Gasteiger partial charge in [-0.05, 0) is 36.8 Å². The van der Waals surface area contributed by atoms with Crippen molar-refractivity contribution in [2.45, 2.75) is 37.1 Å². The predicted octanol–water partition coefficient (Wildman–Crippen LogP) is -0.0857. The molecule has 0 radical (unpaired) electrons. The molecule has 1 N–H and O–H groups in total. The van der Waals surface area contributed by atoms with E-state index >= 15 is 0 Å². The van der Waals surface area contributed by atoms with Gasteiger partial charge in [0.05, 0.1) is 6.54 Å². The van der Waals surface area contributed by atoms with Crippen LogP contribution in [-0.2, 0) is 24.8 Å². The minimum absolute atomic E-state index is 0. The summed E-state index contributed by atoms with van der Waals surface area (Å²) in [6, 6.07) is 4.34. The molecule has 3 rings (SSSR count). The summed E-state index contributed by atoms with van der Waals surface area (Å²) in [6.07, 6.45) is 3.41. The van der Waals surface area contributed by atoms with Gasteiger partial charge in [0.2, 0.25) is 0 Å². The van der Waals surface area contributed by atoms with Gasteiger partial charge >= 0.3 is 29.6 Å². The van der Waals surface area contributed by atoms with Gasteiger partial charge in [0, 0.05) is 15.7 Å². The summed E-state index contributed by atoms with van der Waals surface area (Å²) in [4.78, 5) is 3.89. The molecule has 2 atom stereocenters. The van der Waals surface area contributed by atoms with Gasteiger partial charge in [0.15, 0.2) is 0 Å². The Bertz CT molecular complexity index is 697. The van der Waals surface area contributed by atoms with Crippen LogP contribution in [0, 0.1) is 17.7 Å². The van der Waals surface area contributed by atoms with E-state index in [1.54, 1.807) is 6.07 Å². The molecule has 1 aromatic carbocycles. The molecule has 23 heavy (non-hydrogen) atoms. The number of aliphatic hydroxyl groups is 1. The molecule has 0 saturated heterocycles. The van der Waals surface area contributed by atoms with Gasteiger partial charge in [-0.25, -0.2) is 9.37 Å². The average molecular weight is 364 g/mol. The van der Waals surface area contributed by atoms with Crippen molar-refractivity contribution in [3.05, 3.63) is 40.9 Å². The Balaban J connectivity index is 0.00000192. The topological polar surface area (TPSA) is 50.9 Å². The van der Waals surface area contributed by atoms with E-state index in [1.165, 1.54) is 23.1 Å². The minimum atomic E-state index is -1.41. The van der Waals surface area contributed by atoms with E-state index < -0.39 is 11.4 Å². The summed E-state index contributed by atoms with van der Waals surface area (Å²) in [5, 5.41) is 15.9. The number of nitrogens with zero attached hydrogens (tertiary/aromatic N) is 3. The minimum Gasteiger partial charge on any atom is -0.740 e. The standard InChI is InChI=1S/C15H17ClFN3OS.Na/c1-9(10-2-3-10)15(21,7-20-14(22)18-8-19-20)12-5-4-11(16)6-13(12)17;/h4-6,8-10,21H,2-3,7H2,1H3,(H,18,19,22);/q;+1/p-1. The molecule has 0 bridgehead atoms. The molecule has 118 valence electrons. The second-order valence-corrected chi connectivity index (χ2v) is 6.68. The Labute approximate surface area is 167 Å². The van der Waals surface area contributed by atoms with Crippen LogP contribution in [0.4, 0.5) is 4.39 Å². The molecule has 1 heterocycles. The van der Waals surface area contributed by atoms with E-state index in [0.29, 0.717) is 10.9 Å². The van der Waals surface area contributed by atoms with Crippen LogP contribution in [0.5, 0.6) is 0 Å². The number of hydrogen-bond acceptors (Lipinski definition) is 4. The third kappa shape index (κ3) is 3.89. The summed E-state index contributed by atoms with van der Waals surface area (Å²) >= 11 is 10.9. The maximum absolute atomic E-state index is 14.4. The molecule has 0 spiro atoms. The van der Waals surface area contributed by atoms with Crippen molar-refractivity contribution in [3.63, 3.8) is 0 Å². The molecule has 1 aromatic heterocycles. The summed E-state index contributed by atoms with van der Waals surface area (Å²) in [6.45, 7) is 2.01. The fourth-order valence-corrected chi connectivity index (χ4v) is 3.21. The molecule has 2 unspecified atom stereocenters. The summed E-state index contributed by atoms with van der Waals surface area (Å²) in [7, 11) is 0. The fraction of sp³-hybridized carbons (Fsp3) is 0.467. The Morgan fingerprint density at radius 2 is 2.22 bits per heavy atom. The normalized spacial score (nSPS) is 18.1. The predicted molar refractivity (Wildman–Crippen MR) is 82.8 cm³/mol. The Morgan fingerprint density at radius 1 is 1.52 bits per heavy atom. The van der Waals surface area contributed by atoms with Gasteiger partial charge in [-0.1, -0.05) is 24.6 Å². The number of aromatic nitrogens is 3. The van der Waals surface area contributed by atoms with Crippen LogP contribution in [0.3, 0.4) is 0 Å². The quantitative estimate of drug-likeness (QED) is 0.596. The van der Waals surface area contributed by atoms with Crippen molar-refractivity contribution in [1.29, 1.82) is 0 Å². The van der Waals surface area contributed by atoms with Crippen molar-refractivity contribution in [2.75, 3.05) is 0 Å². The maximum atomic E-state index is 14.4. The van der Waals surface area contributed by atoms with Crippen LogP contribution in [0.25, 0.3) is 0 Å². The van der Waals surface area contributed by atoms with Gasteiger partial charge in [-0.3, -0.25) is 4.68 Å². The molecular weight excluding hydrogens is 348 g/mol. The van der Waals surface area contributed by atoms with Crippen molar-refractivity contribution in [2.24, 2.45) is 11.8 Å². The molecular formula is C15H16ClFN3NaOS. The monoisotopic (exact) mass is 363 g/mol. The van der Waals surface area contributed by atoms with E-state index in [1.807, 2.05) is 6.92 Å².